The van der Waals surface area contributed by atoms with E-state index < -0.39 is 17.9 Å². The molecule has 1 atom stereocenters. The molecule has 2 N–H and O–H groups in total. The molecule has 10 heteroatoms. The van der Waals surface area contributed by atoms with E-state index in [1.165, 1.54) is 0 Å². The summed E-state index contributed by atoms with van der Waals surface area (Å²) in [5.74, 6) is 0.0489. The van der Waals surface area contributed by atoms with Gasteiger partial charge in [0.1, 0.15) is 0 Å². The minimum atomic E-state index is -0.682. The van der Waals surface area contributed by atoms with Gasteiger partial charge in [0.05, 0.1) is 41.7 Å². The highest BCUT2D eigenvalue weighted by molar-refractivity contribution is 6.33. The van der Waals surface area contributed by atoms with Crippen LogP contribution in [-0.4, -0.2) is 76.4 Å². The Labute approximate surface area is 208 Å². The lowest BCUT2D eigenvalue weighted by molar-refractivity contribution is -0.177. The number of hydrogen-bond donors (Lipinski definition) is 2. The number of amides is 2. The highest BCUT2D eigenvalue weighted by Crippen LogP contribution is 2.35. The monoisotopic (exact) mass is 499 g/mol. The zero-order valence-corrected chi connectivity index (χ0v) is 20.9. The maximum atomic E-state index is 13.0. The predicted octanol–water partition coefficient (Wildman–Crippen LogP) is 4.29. The fourth-order valence-electron chi connectivity index (χ4n) is 5.00. The summed E-state index contributed by atoms with van der Waals surface area (Å²) in [6, 6.07) is 3.54. The van der Waals surface area contributed by atoms with Gasteiger partial charge in [0.25, 0.3) is 0 Å². The number of ether oxygens (including phenoxy) is 2. The molecule has 0 saturated carbocycles. The summed E-state index contributed by atoms with van der Waals surface area (Å²) in [7, 11) is 0. The molecule has 0 aliphatic carbocycles. The number of benzene rings is 1. The van der Waals surface area contributed by atoms with E-state index in [4.69, 9.17) is 21.1 Å². The molecule has 2 aromatic heterocycles. The van der Waals surface area contributed by atoms with Crippen LogP contribution in [0.15, 0.2) is 24.5 Å². The lowest BCUT2D eigenvalue weighted by Gasteiger charge is -2.42. The van der Waals surface area contributed by atoms with Crippen molar-refractivity contribution in [3.63, 3.8) is 0 Å². The summed E-state index contributed by atoms with van der Waals surface area (Å²) >= 11 is 6.39. The van der Waals surface area contributed by atoms with Crippen molar-refractivity contribution in [2.45, 2.75) is 45.4 Å². The van der Waals surface area contributed by atoms with Crippen molar-refractivity contribution in [2.24, 2.45) is 0 Å². The number of rotatable bonds is 4. The van der Waals surface area contributed by atoms with Gasteiger partial charge in [-0.15, -0.1) is 0 Å². The Hall–Kier alpha value is -2.88. The molecule has 9 nitrogen and oxygen atoms in total. The van der Waals surface area contributed by atoms with Gasteiger partial charge in [0.15, 0.2) is 6.23 Å². The molecular formula is C25H30ClN5O4. The summed E-state index contributed by atoms with van der Waals surface area (Å²) in [5.41, 5.74) is 2.65. The van der Waals surface area contributed by atoms with Gasteiger partial charge >= 0.3 is 6.09 Å². The number of carbonyl (C=O) groups is 2. The molecule has 0 spiro atoms. The topological polar surface area (TPSA) is 99.8 Å². The average molecular weight is 500 g/mol. The first kappa shape index (κ1) is 23.8. The molecule has 35 heavy (non-hydrogen) atoms. The molecule has 5 rings (SSSR count). The predicted molar refractivity (Wildman–Crippen MR) is 135 cm³/mol. The van der Waals surface area contributed by atoms with E-state index in [0.29, 0.717) is 17.3 Å². The van der Waals surface area contributed by atoms with Crippen molar-refractivity contribution >= 4 is 51.1 Å². The Morgan fingerprint density at radius 2 is 2.06 bits per heavy atom. The molecular weight excluding hydrogens is 470 g/mol. The van der Waals surface area contributed by atoms with Crippen LogP contribution in [0.1, 0.15) is 32.3 Å². The molecule has 0 radical (unpaired) electrons. The number of aromatic amines is 1. The van der Waals surface area contributed by atoms with Gasteiger partial charge < -0.3 is 19.4 Å². The lowest BCUT2D eigenvalue weighted by Crippen LogP contribution is -2.58. The molecule has 186 valence electrons. The number of hydrogen-bond acceptors (Lipinski definition) is 6. The first-order valence-corrected chi connectivity index (χ1v) is 12.3. The van der Waals surface area contributed by atoms with Gasteiger partial charge in [-0.05, 0) is 51.3 Å². The van der Waals surface area contributed by atoms with Crippen LogP contribution < -0.4 is 5.32 Å². The standard InChI is InChI=1S/C25H30ClN5O4/c1-15-10-27-11-19-22(15)17-8-16(26)9-18(23(17)28-19)29-24(33)35-21-13-34-25(2,3)14-31(21)12-20(32)30-6-4-5-7-30/h8-11,21,28H,4-7,12-14H2,1-3H3,(H,29,33). The van der Waals surface area contributed by atoms with E-state index in [1.807, 2.05) is 36.6 Å². The summed E-state index contributed by atoms with van der Waals surface area (Å²) in [4.78, 5) is 37.1. The molecule has 2 aliphatic rings. The van der Waals surface area contributed by atoms with Crippen LogP contribution >= 0.6 is 11.6 Å². The second-order valence-electron chi connectivity index (χ2n) is 9.93. The zero-order chi connectivity index (χ0) is 24.7. The van der Waals surface area contributed by atoms with Gasteiger partial charge in [-0.3, -0.25) is 20.0 Å². The molecule has 2 aliphatic heterocycles. The van der Waals surface area contributed by atoms with Gasteiger partial charge in [-0.1, -0.05) is 11.6 Å². The normalized spacial score (nSPS) is 20.5. The van der Waals surface area contributed by atoms with Crippen LogP contribution in [0.25, 0.3) is 21.8 Å². The van der Waals surface area contributed by atoms with Crippen LogP contribution in [-0.2, 0) is 14.3 Å². The van der Waals surface area contributed by atoms with Crippen LogP contribution in [0.3, 0.4) is 0 Å². The smallest absolute Gasteiger partial charge is 0.413 e. The number of nitrogens with one attached hydrogen (secondary N) is 2. The summed E-state index contributed by atoms with van der Waals surface area (Å²) in [6.07, 6.45) is 4.27. The van der Waals surface area contributed by atoms with Gasteiger partial charge in [0, 0.05) is 41.6 Å². The summed E-state index contributed by atoms with van der Waals surface area (Å²) < 4.78 is 11.7. The minimum Gasteiger partial charge on any atom is -0.427 e. The first-order chi connectivity index (χ1) is 16.7. The zero-order valence-electron chi connectivity index (χ0n) is 20.2. The highest BCUT2D eigenvalue weighted by Gasteiger charge is 2.38. The number of aromatic nitrogens is 2. The van der Waals surface area contributed by atoms with Crippen molar-refractivity contribution in [3.05, 3.63) is 35.1 Å². The molecule has 1 unspecified atom stereocenters. The second kappa shape index (κ2) is 9.29. The summed E-state index contributed by atoms with van der Waals surface area (Å²) in [5, 5.41) is 5.21. The lowest BCUT2D eigenvalue weighted by atomic mass is 10.1. The fraction of sp³-hybridized carbons (Fsp3) is 0.480. The molecule has 1 aromatic carbocycles. The third kappa shape index (κ3) is 4.94. The number of pyridine rings is 1. The van der Waals surface area contributed by atoms with Crippen molar-refractivity contribution < 1.29 is 19.1 Å². The van der Waals surface area contributed by atoms with Crippen LogP contribution in [0.5, 0.6) is 0 Å². The van der Waals surface area contributed by atoms with Crippen LogP contribution in [0, 0.1) is 6.92 Å². The number of halogens is 1. The van der Waals surface area contributed by atoms with Gasteiger partial charge in [-0.25, -0.2) is 4.79 Å². The number of nitrogens with zero attached hydrogens (tertiary/aromatic N) is 3. The number of aryl methyl sites for hydroxylation is 1. The number of anilines is 1. The largest absolute Gasteiger partial charge is 0.427 e. The Kier molecular flexibility index (Phi) is 6.33. The van der Waals surface area contributed by atoms with Crippen molar-refractivity contribution in [2.75, 3.05) is 38.1 Å². The average Bonchev–Trinajstić information content (AvgIpc) is 3.44. The Morgan fingerprint density at radius 3 is 2.83 bits per heavy atom. The van der Waals surface area contributed by atoms with Gasteiger partial charge in [0.2, 0.25) is 5.91 Å². The van der Waals surface area contributed by atoms with E-state index in [0.717, 1.165) is 53.3 Å². The first-order valence-electron chi connectivity index (χ1n) is 11.9. The maximum Gasteiger partial charge on any atom is 0.413 e. The minimum absolute atomic E-state index is 0.0489. The SMILES string of the molecule is Cc1cncc2[nH]c3c(NC(=O)OC4COC(C)(C)CN4CC(=O)N4CCCC4)cc(Cl)cc3c12. The Bertz CT molecular complexity index is 1280. The van der Waals surface area contributed by atoms with Crippen molar-refractivity contribution in [1.82, 2.24) is 19.8 Å². The maximum absolute atomic E-state index is 13.0. The Balaban J connectivity index is 1.35. The molecule has 2 saturated heterocycles. The van der Waals surface area contributed by atoms with Crippen molar-refractivity contribution in [1.29, 1.82) is 0 Å². The van der Waals surface area contributed by atoms with E-state index in [1.54, 1.807) is 18.5 Å². The summed E-state index contributed by atoms with van der Waals surface area (Å²) in [6.45, 7) is 8.30. The molecule has 2 amide bonds. The van der Waals surface area contributed by atoms with Crippen LogP contribution in [0.4, 0.5) is 10.5 Å². The highest BCUT2D eigenvalue weighted by atomic mass is 35.5. The second-order valence-corrected chi connectivity index (χ2v) is 10.4. The number of carbonyl (C=O) groups excluding carboxylic acids is 2. The quantitative estimate of drug-likeness (QED) is 0.555. The third-order valence-electron chi connectivity index (χ3n) is 6.65. The van der Waals surface area contributed by atoms with E-state index in [-0.39, 0.29) is 19.1 Å². The number of fused-ring (bicyclic) bond motifs is 3. The van der Waals surface area contributed by atoms with Crippen molar-refractivity contribution in [3.8, 4) is 0 Å². The van der Waals surface area contributed by atoms with E-state index in [9.17, 15) is 9.59 Å². The van der Waals surface area contributed by atoms with E-state index in [2.05, 4.69) is 15.3 Å². The number of morpholine rings is 1. The number of likely N-dealkylation sites (tertiary alicyclic amines) is 1. The molecule has 4 heterocycles. The molecule has 3 aromatic rings. The third-order valence-corrected chi connectivity index (χ3v) is 6.87. The Morgan fingerprint density at radius 1 is 1.29 bits per heavy atom. The van der Waals surface area contributed by atoms with Crippen LogP contribution in [0.2, 0.25) is 5.02 Å². The number of H-pyrrole nitrogens is 1. The fourth-order valence-corrected chi connectivity index (χ4v) is 5.22. The van der Waals surface area contributed by atoms with Gasteiger partial charge in [-0.2, -0.15) is 0 Å². The molecule has 0 bridgehead atoms. The van der Waals surface area contributed by atoms with E-state index >= 15 is 0 Å². The molecule has 2 fully saturated rings.